The summed E-state index contributed by atoms with van der Waals surface area (Å²) in [7, 11) is 0. The predicted octanol–water partition coefficient (Wildman–Crippen LogP) is 1.55. The van der Waals surface area contributed by atoms with Crippen LogP contribution in [0.1, 0.15) is 52.9 Å². The van der Waals surface area contributed by atoms with E-state index in [9.17, 15) is 9.59 Å². The van der Waals surface area contributed by atoms with E-state index in [1.807, 2.05) is 18.7 Å². The number of carbonyl (C=O) groups is 2. The van der Waals surface area contributed by atoms with Crippen LogP contribution in [-0.4, -0.2) is 47.1 Å². The first-order chi connectivity index (χ1) is 10.4. The Balaban J connectivity index is 1.87. The van der Waals surface area contributed by atoms with Crippen LogP contribution >= 0.6 is 0 Å². The minimum atomic E-state index is -0.236. The second-order valence-electron chi connectivity index (χ2n) is 7.32. The van der Waals surface area contributed by atoms with E-state index in [2.05, 4.69) is 12.2 Å². The second kappa shape index (κ2) is 7.44. The number of carbonyl (C=O) groups excluding carboxylic acids is 2. The minimum absolute atomic E-state index is 0.0250. The van der Waals surface area contributed by atoms with E-state index in [1.165, 1.54) is 12.8 Å². The monoisotopic (exact) mass is 310 g/mol. The van der Waals surface area contributed by atoms with Crippen molar-refractivity contribution >= 4 is 11.8 Å². The lowest BCUT2D eigenvalue weighted by Gasteiger charge is -2.33. The van der Waals surface area contributed by atoms with Crippen LogP contribution in [0.25, 0.3) is 0 Å². The van der Waals surface area contributed by atoms with Crippen molar-refractivity contribution in [3.8, 4) is 0 Å². The van der Waals surface area contributed by atoms with Gasteiger partial charge in [-0.15, -0.1) is 0 Å². The van der Waals surface area contributed by atoms with Crippen LogP contribution in [-0.2, 0) is 9.59 Å². The molecular weight excluding hydrogens is 280 g/mol. The highest BCUT2D eigenvalue weighted by atomic mass is 16.3. The molecule has 2 amide bonds. The van der Waals surface area contributed by atoms with Gasteiger partial charge in [0.15, 0.2) is 0 Å². The first-order valence-corrected chi connectivity index (χ1v) is 8.63. The Morgan fingerprint density at radius 1 is 1.32 bits per heavy atom. The predicted molar refractivity (Wildman–Crippen MR) is 85.1 cm³/mol. The summed E-state index contributed by atoms with van der Waals surface area (Å²) in [5.74, 6) is 0.626. The molecule has 0 aromatic rings. The summed E-state index contributed by atoms with van der Waals surface area (Å²) in [5.41, 5.74) is 0. The van der Waals surface area contributed by atoms with Crippen LogP contribution in [0.15, 0.2) is 0 Å². The maximum absolute atomic E-state index is 12.3. The van der Waals surface area contributed by atoms with E-state index >= 15 is 0 Å². The quantitative estimate of drug-likeness (QED) is 0.809. The molecule has 126 valence electrons. The van der Waals surface area contributed by atoms with Gasteiger partial charge in [0.2, 0.25) is 11.8 Å². The van der Waals surface area contributed by atoms with Gasteiger partial charge in [-0.25, -0.2) is 0 Å². The first kappa shape index (κ1) is 17.3. The van der Waals surface area contributed by atoms with Crippen LogP contribution in [0, 0.1) is 17.8 Å². The van der Waals surface area contributed by atoms with Crippen LogP contribution in [0.4, 0.5) is 0 Å². The number of likely N-dealkylation sites (tertiary alicyclic amines) is 1. The standard InChI is InChI=1S/C17H30N2O3/c1-11-4-6-15(7-5-11)19-9-14(8-16(19)21)17(22)18-13(3)12(2)10-20/h11-15,20H,4-10H2,1-3H3,(H,18,22). The van der Waals surface area contributed by atoms with Crippen molar-refractivity contribution in [2.45, 2.75) is 65.0 Å². The van der Waals surface area contributed by atoms with E-state index in [-0.39, 0.29) is 36.3 Å². The molecule has 3 unspecified atom stereocenters. The number of aliphatic hydroxyl groups excluding tert-OH is 1. The molecule has 1 aliphatic heterocycles. The van der Waals surface area contributed by atoms with Gasteiger partial charge in [-0.3, -0.25) is 9.59 Å². The maximum Gasteiger partial charge on any atom is 0.225 e. The molecule has 0 spiro atoms. The molecule has 0 radical (unpaired) electrons. The number of rotatable bonds is 5. The van der Waals surface area contributed by atoms with Crippen LogP contribution in [0.2, 0.25) is 0 Å². The van der Waals surface area contributed by atoms with E-state index in [0.717, 1.165) is 18.8 Å². The zero-order valence-electron chi connectivity index (χ0n) is 14.0. The van der Waals surface area contributed by atoms with Crippen molar-refractivity contribution in [3.63, 3.8) is 0 Å². The number of aliphatic hydroxyl groups is 1. The van der Waals surface area contributed by atoms with Gasteiger partial charge in [0, 0.05) is 31.7 Å². The Labute approximate surface area is 133 Å². The highest BCUT2D eigenvalue weighted by molar-refractivity contribution is 5.89. The number of amides is 2. The van der Waals surface area contributed by atoms with Crippen molar-refractivity contribution in [2.24, 2.45) is 17.8 Å². The number of nitrogens with zero attached hydrogens (tertiary/aromatic N) is 1. The smallest absolute Gasteiger partial charge is 0.225 e. The third-order valence-corrected chi connectivity index (χ3v) is 5.47. The van der Waals surface area contributed by atoms with Gasteiger partial charge < -0.3 is 15.3 Å². The Bertz CT molecular complexity index is 405. The summed E-state index contributed by atoms with van der Waals surface area (Å²) < 4.78 is 0. The lowest BCUT2D eigenvalue weighted by atomic mass is 9.86. The third-order valence-electron chi connectivity index (χ3n) is 5.47. The number of hydrogen-bond acceptors (Lipinski definition) is 3. The van der Waals surface area contributed by atoms with Crippen molar-refractivity contribution < 1.29 is 14.7 Å². The fourth-order valence-electron chi connectivity index (χ4n) is 3.46. The summed E-state index contributed by atoms with van der Waals surface area (Å²) in [6.45, 7) is 6.68. The van der Waals surface area contributed by atoms with Crippen molar-refractivity contribution in [2.75, 3.05) is 13.2 Å². The van der Waals surface area contributed by atoms with Gasteiger partial charge in [0.25, 0.3) is 0 Å². The van der Waals surface area contributed by atoms with Gasteiger partial charge in [0.05, 0.1) is 5.92 Å². The van der Waals surface area contributed by atoms with Crippen LogP contribution in [0.5, 0.6) is 0 Å². The average Bonchev–Trinajstić information content (AvgIpc) is 2.89. The van der Waals surface area contributed by atoms with Crippen molar-refractivity contribution in [1.82, 2.24) is 10.2 Å². The summed E-state index contributed by atoms with van der Waals surface area (Å²) in [4.78, 5) is 26.5. The molecule has 0 aromatic heterocycles. The highest BCUT2D eigenvalue weighted by Crippen LogP contribution is 2.31. The van der Waals surface area contributed by atoms with Crippen molar-refractivity contribution in [3.05, 3.63) is 0 Å². The minimum Gasteiger partial charge on any atom is -0.396 e. The molecule has 3 atom stereocenters. The molecule has 1 aliphatic carbocycles. The molecule has 0 bridgehead atoms. The fraction of sp³-hybridized carbons (Fsp3) is 0.882. The van der Waals surface area contributed by atoms with Gasteiger partial charge in [0.1, 0.15) is 0 Å². The van der Waals surface area contributed by atoms with E-state index in [0.29, 0.717) is 19.0 Å². The number of nitrogens with one attached hydrogen (secondary N) is 1. The molecule has 0 aromatic carbocycles. The first-order valence-electron chi connectivity index (χ1n) is 8.63. The van der Waals surface area contributed by atoms with Crippen LogP contribution < -0.4 is 5.32 Å². The van der Waals surface area contributed by atoms with E-state index in [4.69, 9.17) is 5.11 Å². The molecule has 1 saturated carbocycles. The van der Waals surface area contributed by atoms with Gasteiger partial charge in [-0.05, 0) is 44.4 Å². The van der Waals surface area contributed by atoms with Crippen molar-refractivity contribution in [1.29, 1.82) is 0 Å². The topological polar surface area (TPSA) is 69.6 Å². The molecule has 2 N–H and O–H groups in total. The normalized spacial score (nSPS) is 31.9. The third kappa shape index (κ3) is 4.00. The summed E-state index contributed by atoms with van der Waals surface area (Å²) >= 11 is 0. The summed E-state index contributed by atoms with van der Waals surface area (Å²) in [5, 5.41) is 12.1. The van der Waals surface area contributed by atoms with E-state index < -0.39 is 0 Å². The lowest BCUT2D eigenvalue weighted by Crippen LogP contribution is -2.43. The fourth-order valence-corrected chi connectivity index (χ4v) is 3.46. The van der Waals surface area contributed by atoms with Gasteiger partial charge >= 0.3 is 0 Å². The molecule has 1 heterocycles. The maximum atomic E-state index is 12.3. The molecule has 22 heavy (non-hydrogen) atoms. The Kier molecular flexibility index (Phi) is 5.84. The summed E-state index contributed by atoms with van der Waals surface area (Å²) in [6, 6.07) is 0.257. The molecule has 2 rings (SSSR count). The SMILES string of the molecule is CC1CCC(N2CC(C(=O)NC(C)C(C)CO)CC2=O)CC1. The second-order valence-corrected chi connectivity index (χ2v) is 7.32. The molecule has 5 nitrogen and oxygen atoms in total. The Hall–Kier alpha value is -1.10. The van der Waals surface area contributed by atoms with Crippen LogP contribution in [0.3, 0.4) is 0 Å². The summed E-state index contributed by atoms with van der Waals surface area (Å²) in [6.07, 6.45) is 4.82. The zero-order chi connectivity index (χ0) is 16.3. The molecule has 1 saturated heterocycles. The van der Waals surface area contributed by atoms with E-state index in [1.54, 1.807) is 0 Å². The van der Waals surface area contributed by atoms with Gasteiger partial charge in [-0.1, -0.05) is 13.8 Å². The lowest BCUT2D eigenvalue weighted by molar-refractivity contribution is -0.131. The molecule has 2 fully saturated rings. The average molecular weight is 310 g/mol. The number of hydrogen-bond donors (Lipinski definition) is 2. The van der Waals surface area contributed by atoms with Gasteiger partial charge in [-0.2, -0.15) is 0 Å². The Morgan fingerprint density at radius 3 is 2.55 bits per heavy atom. The zero-order valence-corrected chi connectivity index (χ0v) is 14.0. The molecule has 5 heteroatoms. The largest absolute Gasteiger partial charge is 0.396 e. The molecule has 2 aliphatic rings. The Morgan fingerprint density at radius 2 is 1.95 bits per heavy atom. The highest BCUT2D eigenvalue weighted by Gasteiger charge is 2.39. The molecular formula is C17H30N2O3.